The number of aromatic nitrogens is 1. The number of carboxylic acid groups (broad SMARTS) is 1. The summed E-state index contributed by atoms with van der Waals surface area (Å²) in [4.78, 5) is 27.9. The van der Waals surface area contributed by atoms with Gasteiger partial charge < -0.3 is 10.4 Å². The summed E-state index contributed by atoms with van der Waals surface area (Å²) in [7, 11) is 0. The summed E-state index contributed by atoms with van der Waals surface area (Å²) in [6, 6.07) is 6.79. The smallest absolute Gasteiger partial charge is 0.308 e. The van der Waals surface area contributed by atoms with Crippen molar-refractivity contribution in [1.29, 1.82) is 0 Å². The topological polar surface area (TPSA) is 79.3 Å². The second-order valence-electron chi connectivity index (χ2n) is 5.87. The fourth-order valence-corrected chi connectivity index (χ4v) is 2.69. The van der Waals surface area contributed by atoms with Crippen LogP contribution >= 0.6 is 11.6 Å². The fourth-order valence-electron chi connectivity index (χ4n) is 2.47. The lowest BCUT2D eigenvalue weighted by atomic mass is 9.97. The summed E-state index contributed by atoms with van der Waals surface area (Å²) in [5.74, 6) is -1.62. The molecule has 0 aliphatic rings. The molecule has 0 aliphatic carbocycles. The van der Waals surface area contributed by atoms with Crippen molar-refractivity contribution in [2.24, 2.45) is 11.8 Å². The molecule has 2 N–H and O–H groups in total. The van der Waals surface area contributed by atoms with E-state index >= 15 is 0 Å². The maximum absolute atomic E-state index is 12.4. The average molecular weight is 335 g/mol. The van der Waals surface area contributed by atoms with Crippen LogP contribution in [-0.2, 0) is 4.79 Å². The summed E-state index contributed by atoms with van der Waals surface area (Å²) in [5, 5.41) is 13.1. The normalized spacial score (nSPS) is 12.3. The number of pyridine rings is 1. The zero-order valence-electron chi connectivity index (χ0n) is 13.0. The summed E-state index contributed by atoms with van der Waals surface area (Å²) < 4.78 is 0. The largest absolute Gasteiger partial charge is 0.481 e. The zero-order valence-corrected chi connectivity index (χ0v) is 13.8. The number of amides is 1. The standard InChI is InChI=1S/C17H19ClN2O3/c1-10(2)8-11(17(22)23)9-20-16(21)13-5-6-14(18)12-4-3-7-19-15(12)13/h3-7,10-11H,8-9H2,1-2H3,(H,20,21)(H,22,23). The highest BCUT2D eigenvalue weighted by Crippen LogP contribution is 2.24. The highest BCUT2D eigenvalue weighted by Gasteiger charge is 2.21. The van der Waals surface area contributed by atoms with E-state index in [0.717, 1.165) is 0 Å². The third kappa shape index (κ3) is 4.20. The number of fused-ring (bicyclic) bond motifs is 1. The van der Waals surface area contributed by atoms with Crippen molar-refractivity contribution >= 4 is 34.4 Å². The Kier molecular flexibility index (Phi) is 5.55. The molecule has 0 saturated heterocycles. The fraction of sp³-hybridized carbons (Fsp3) is 0.353. The van der Waals surface area contributed by atoms with E-state index in [4.69, 9.17) is 11.6 Å². The summed E-state index contributed by atoms with van der Waals surface area (Å²) >= 11 is 6.11. The van der Waals surface area contributed by atoms with Crippen molar-refractivity contribution in [2.75, 3.05) is 6.54 Å². The molecule has 0 aliphatic heterocycles. The molecule has 23 heavy (non-hydrogen) atoms. The van der Waals surface area contributed by atoms with Crippen LogP contribution < -0.4 is 5.32 Å². The molecule has 5 nitrogen and oxygen atoms in total. The van der Waals surface area contributed by atoms with Crippen molar-refractivity contribution in [3.05, 3.63) is 41.0 Å². The Bertz CT molecular complexity index is 731. The molecule has 1 amide bonds. The second kappa shape index (κ2) is 7.42. The maximum atomic E-state index is 12.4. The molecule has 0 spiro atoms. The number of nitrogens with zero attached hydrogens (tertiary/aromatic N) is 1. The van der Waals surface area contributed by atoms with Gasteiger partial charge in [0.2, 0.25) is 0 Å². The average Bonchev–Trinajstić information content (AvgIpc) is 2.51. The van der Waals surface area contributed by atoms with E-state index in [1.54, 1.807) is 30.5 Å². The molecule has 0 saturated carbocycles. The van der Waals surface area contributed by atoms with Gasteiger partial charge in [-0.05, 0) is 36.6 Å². The summed E-state index contributed by atoms with van der Waals surface area (Å²) in [6.45, 7) is 3.99. The number of hydrogen-bond acceptors (Lipinski definition) is 3. The minimum absolute atomic E-state index is 0.0866. The van der Waals surface area contributed by atoms with E-state index in [2.05, 4.69) is 10.3 Å². The molecular weight excluding hydrogens is 316 g/mol. The van der Waals surface area contributed by atoms with Crippen LogP contribution in [0.5, 0.6) is 0 Å². The lowest BCUT2D eigenvalue weighted by molar-refractivity contribution is -0.142. The summed E-state index contributed by atoms with van der Waals surface area (Å²) in [5.41, 5.74) is 0.895. The van der Waals surface area contributed by atoms with Crippen molar-refractivity contribution in [3.8, 4) is 0 Å². The number of hydrogen-bond donors (Lipinski definition) is 2. The molecular formula is C17H19ClN2O3. The van der Waals surface area contributed by atoms with Crippen LogP contribution in [0.4, 0.5) is 0 Å². The van der Waals surface area contributed by atoms with Crippen LogP contribution in [0.25, 0.3) is 10.9 Å². The van der Waals surface area contributed by atoms with Gasteiger partial charge >= 0.3 is 5.97 Å². The SMILES string of the molecule is CC(C)CC(CNC(=O)c1ccc(Cl)c2cccnc12)C(=O)O. The number of rotatable bonds is 6. The number of nitrogens with one attached hydrogen (secondary N) is 1. The molecule has 1 unspecified atom stereocenters. The van der Waals surface area contributed by atoms with E-state index < -0.39 is 11.9 Å². The first-order valence-electron chi connectivity index (χ1n) is 7.44. The van der Waals surface area contributed by atoms with Crippen LogP contribution in [0, 0.1) is 11.8 Å². The molecule has 0 bridgehead atoms. The molecule has 1 atom stereocenters. The Labute approximate surface area is 139 Å². The Morgan fingerprint density at radius 3 is 2.70 bits per heavy atom. The van der Waals surface area contributed by atoms with Gasteiger partial charge in [0.1, 0.15) is 0 Å². The maximum Gasteiger partial charge on any atom is 0.308 e. The van der Waals surface area contributed by atoms with Gasteiger partial charge in [0.15, 0.2) is 0 Å². The number of carbonyl (C=O) groups is 2. The van der Waals surface area contributed by atoms with Gasteiger partial charge in [-0.2, -0.15) is 0 Å². The molecule has 6 heteroatoms. The van der Waals surface area contributed by atoms with Crippen LogP contribution in [0.15, 0.2) is 30.5 Å². The van der Waals surface area contributed by atoms with Crippen LogP contribution in [0.2, 0.25) is 5.02 Å². The highest BCUT2D eigenvalue weighted by molar-refractivity contribution is 6.36. The lowest BCUT2D eigenvalue weighted by Crippen LogP contribution is -2.33. The van der Waals surface area contributed by atoms with Gasteiger partial charge in [0.25, 0.3) is 5.91 Å². The third-order valence-electron chi connectivity index (χ3n) is 3.58. The Morgan fingerprint density at radius 2 is 2.04 bits per heavy atom. The second-order valence-corrected chi connectivity index (χ2v) is 6.28. The Hall–Kier alpha value is -2.14. The minimum atomic E-state index is -0.905. The van der Waals surface area contributed by atoms with E-state index in [0.29, 0.717) is 27.9 Å². The number of carbonyl (C=O) groups excluding carboxylic acids is 1. The highest BCUT2D eigenvalue weighted by atomic mass is 35.5. The van der Waals surface area contributed by atoms with E-state index in [-0.39, 0.29) is 18.4 Å². The van der Waals surface area contributed by atoms with Crippen molar-refractivity contribution in [1.82, 2.24) is 10.3 Å². The van der Waals surface area contributed by atoms with Gasteiger partial charge in [-0.1, -0.05) is 25.4 Å². The predicted molar refractivity (Wildman–Crippen MR) is 89.7 cm³/mol. The van der Waals surface area contributed by atoms with Crippen molar-refractivity contribution in [3.63, 3.8) is 0 Å². The third-order valence-corrected chi connectivity index (χ3v) is 3.90. The molecule has 0 fully saturated rings. The molecule has 1 heterocycles. The van der Waals surface area contributed by atoms with E-state index in [1.807, 2.05) is 13.8 Å². The minimum Gasteiger partial charge on any atom is -0.481 e. The molecule has 2 rings (SSSR count). The van der Waals surface area contributed by atoms with Crippen LogP contribution in [0.3, 0.4) is 0 Å². The van der Waals surface area contributed by atoms with Crippen molar-refractivity contribution < 1.29 is 14.7 Å². The monoisotopic (exact) mass is 334 g/mol. The summed E-state index contributed by atoms with van der Waals surface area (Å²) in [6.07, 6.45) is 2.10. The van der Waals surface area contributed by atoms with Gasteiger partial charge in [-0.25, -0.2) is 0 Å². The molecule has 2 aromatic rings. The zero-order chi connectivity index (χ0) is 17.0. The quantitative estimate of drug-likeness (QED) is 0.849. The van der Waals surface area contributed by atoms with Crippen molar-refractivity contribution in [2.45, 2.75) is 20.3 Å². The molecule has 0 radical (unpaired) electrons. The van der Waals surface area contributed by atoms with Gasteiger partial charge in [0, 0.05) is 18.1 Å². The van der Waals surface area contributed by atoms with Crippen LogP contribution in [-0.4, -0.2) is 28.5 Å². The first-order valence-corrected chi connectivity index (χ1v) is 7.82. The first kappa shape index (κ1) is 17.2. The lowest BCUT2D eigenvalue weighted by Gasteiger charge is -2.16. The van der Waals surface area contributed by atoms with E-state index in [9.17, 15) is 14.7 Å². The predicted octanol–water partition coefficient (Wildman–Crippen LogP) is 3.36. The number of aliphatic carboxylic acids is 1. The number of halogens is 1. The Balaban J connectivity index is 2.18. The molecule has 1 aromatic carbocycles. The van der Waals surface area contributed by atoms with Gasteiger partial charge in [-0.15, -0.1) is 0 Å². The Morgan fingerprint density at radius 1 is 1.30 bits per heavy atom. The van der Waals surface area contributed by atoms with Crippen LogP contribution in [0.1, 0.15) is 30.6 Å². The first-order chi connectivity index (χ1) is 10.9. The molecule has 122 valence electrons. The number of benzene rings is 1. The number of carboxylic acids is 1. The van der Waals surface area contributed by atoms with Gasteiger partial charge in [0.05, 0.1) is 22.0 Å². The van der Waals surface area contributed by atoms with Gasteiger partial charge in [-0.3, -0.25) is 14.6 Å². The van der Waals surface area contributed by atoms with E-state index in [1.165, 1.54) is 0 Å². The molecule has 1 aromatic heterocycles.